The van der Waals surface area contributed by atoms with Gasteiger partial charge in [-0.2, -0.15) is 0 Å². The highest BCUT2D eigenvalue weighted by Gasteiger charge is 2.36. The number of allylic oxidation sites excluding steroid dienone is 4. The van der Waals surface area contributed by atoms with Gasteiger partial charge in [-0.25, -0.2) is 0 Å². The largest absolute Gasteiger partial charge is 0.379 e. The molecule has 0 heterocycles. The van der Waals surface area contributed by atoms with Gasteiger partial charge in [-0.15, -0.1) is 0 Å². The summed E-state index contributed by atoms with van der Waals surface area (Å²) in [7, 11) is 1.78. The molecular weight excluding hydrogens is 280 g/mol. The van der Waals surface area contributed by atoms with Crippen molar-refractivity contribution in [3.8, 4) is 0 Å². The summed E-state index contributed by atoms with van der Waals surface area (Å²) in [5.41, 5.74) is 2.71. The third-order valence-corrected chi connectivity index (χ3v) is 4.55. The van der Waals surface area contributed by atoms with Gasteiger partial charge >= 0.3 is 0 Å². The van der Waals surface area contributed by atoms with E-state index in [1.54, 1.807) is 7.11 Å². The number of methoxy groups -OCH3 is 1. The lowest BCUT2D eigenvalue weighted by Crippen LogP contribution is -2.33. The highest BCUT2D eigenvalue weighted by Crippen LogP contribution is 2.46. The summed E-state index contributed by atoms with van der Waals surface area (Å²) in [6.45, 7) is 28.6. The summed E-state index contributed by atoms with van der Waals surface area (Å²) < 4.78 is 5.67. The number of ether oxygens (including phenoxy) is 1. The summed E-state index contributed by atoms with van der Waals surface area (Å²) in [5.74, 6) is 0. The molecule has 0 aliphatic rings. The van der Waals surface area contributed by atoms with Gasteiger partial charge in [-0.3, -0.25) is 0 Å². The van der Waals surface area contributed by atoms with Gasteiger partial charge in [0.1, 0.15) is 0 Å². The van der Waals surface area contributed by atoms with Crippen LogP contribution < -0.4 is 0 Å². The Kier molecular flexibility index (Phi) is 7.12. The van der Waals surface area contributed by atoms with Crippen molar-refractivity contribution < 1.29 is 4.74 Å². The molecule has 23 heavy (non-hydrogen) atoms. The molecule has 0 aromatic heterocycles. The predicted molar refractivity (Wildman–Crippen MR) is 105 cm³/mol. The highest BCUT2D eigenvalue weighted by molar-refractivity contribution is 5.40. The van der Waals surface area contributed by atoms with Crippen molar-refractivity contribution in [3.63, 3.8) is 0 Å². The molecule has 0 rings (SSSR count). The molecule has 0 spiro atoms. The maximum Gasteiger partial charge on any atom is 0.0631 e. The van der Waals surface area contributed by atoms with E-state index in [1.165, 1.54) is 11.1 Å². The third-order valence-electron chi connectivity index (χ3n) is 4.55. The molecule has 1 heteroatoms. The number of rotatable bonds is 8. The normalized spacial score (nSPS) is 15.2. The number of hydrogen-bond acceptors (Lipinski definition) is 1. The molecule has 0 saturated carbocycles. The fraction of sp³-hybridized carbons (Fsp3) is 0.727. The van der Waals surface area contributed by atoms with Gasteiger partial charge < -0.3 is 4.74 Å². The summed E-state index contributed by atoms with van der Waals surface area (Å²) >= 11 is 0. The zero-order valence-electron chi connectivity index (χ0n) is 17.4. The Morgan fingerprint density at radius 1 is 0.739 bits per heavy atom. The van der Waals surface area contributed by atoms with Crippen molar-refractivity contribution in [1.29, 1.82) is 0 Å². The molecule has 0 N–H and O–H groups in total. The fourth-order valence-electron chi connectivity index (χ4n) is 4.15. The molecule has 0 aromatic carbocycles. The van der Waals surface area contributed by atoms with Gasteiger partial charge in [0.25, 0.3) is 0 Å². The van der Waals surface area contributed by atoms with E-state index in [9.17, 15) is 0 Å². The smallest absolute Gasteiger partial charge is 0.0631 e. The molecule has 0 atom stereocenters. The van der Waals surface area contributed by atoms with Gasteiger partial charge in [0.05, 0.1) is 5.60 Å². The van der Waals surface area contributed by atoms with Gasteiger partial charge in [0.15, 0.2) is 0 Å². The first-order valence-corrected chi connectivity index (χ1v) is 8.67. The van der Waals surface area contributed by atoms with E-state index in [4.69, 9.17) is 4.74 Å². The maximum atomic E-state index is 5.67. The summed E-state index contributed by atoms with van der Waals surface area (Å²) in [6.07, 6.45) is 6.08. The molecule has 0 aliphatic carbocycles. The van der Waals surface area contributed by atoms with E-state index in [0.29, 0.717) is 0 Å². The van der Waals surface area contributed by atoms with E-state index in [1.807, 2.05) is 12.2 Å². The van der Waals surface area contributed by atoms with Crippen LogP contribution in [0, 0.1) is 16.2 Å². The third kappa shape index (κ3) is 6.67. The first-order valence-electron chi connectivity index (χ1n) is 8.67. The Hall–Kier alpha value is -0.820. The molecular formula is C22H40O. The average Bonchev–Trinajstić information content (AvgIpc) is 2.30. The topological polar surface area (TPSA) is 9.23 Å². The van der Waals surface area contributed by atoms with Gasteiger partial charge in [0, 0.05) is 7.11 Å². The second-order valence-electron chi connectivity index (χ2n) is 9.88. The van der Waals surface area contributed by atoms with Crippen molar-refractivity contribution >= 4 is 0 Å². The van der Waals surface area contributed by atoms with Crippen LogP contribution in [-0.2, 0) is 4.74 Å². The second-order valence-corrected chi connectivity index (χ2v) is 9.88. The van der Waals surface area contributed by atoms with E-state index in [-0.39, 0.29) is 21.8 Å². The minimum atomic E-state index is -0.168. The molecule has 0 bridgehead atoms. The van der Waals surface area contributed by atoms with E-state index in [0.717, 1.165) is 12.8 Å². The van der Waals surface area contributed by atoms with E-state index in [2.05, 4.69) is 75.5 Å². The Labute approximate surface area is 145 Å². The Balaban J connectivity index is 6.03. The van der Waals surface area contributed by atoms with Crippen LogP contribution in [0.15, 0.2) is 36.5 Å². The molecule has 1 nitrogen and oxygen atoms in total. The van der Waals surface area contributed by atoms with Crippen molar-refractivity contribution in [3.05, 3.63) is 36.5 Å². The van der Waals surface area contributed by atoms with Crippen LogP contribution in [0.3, 0.4) is 0 Å². The molecule has 0 aromatic rings. The summed E-state index contributed by atoms with van der Waals surface area (Å²) in [6, 6.07) is 0. The standard InChI is InChI=1S/C22H40O/c1-13-17(20(6,7)15-19(3,4)5)18(14-2)21(8,9)16-22(10,11)23-12/h13-14H,1-2,15-16H2,3-12H3/b18-17-. The van der Waals surface area contributed by atoms with Crippen molar-refractivity contribution in [2.75, 3.05) is 7.11 Å². The predicted octanol–water partition coefficient (Wildman–Crippen LogP) is 6.96. The van der Waals surface area contributed by atoms with Crippen LogP contribution in [0.2, 0.25) is 0 Å². The summed E-state index contributed by atoms with van der Waals surface area (Å²) in [5, 5.41) is 0. The average molecular weight is 321 g/mol. The van der Waals surface area contributed by atoms with Crippen LogP contribution in [0.25, 0.3) is 0 Å². The zero-order valence-corrected chi connectivity index (χ0v) is 17.4. The molecule has 0 fully saturated rings. The maximum absolute atomic E-state index is 5.67. The second kappa shape index (κ2) is 7.38. The van der Waals surface area contributed by atoms with Crippen LogP contribution >= 0.6 is 0 Å². The lowest BCUT2D eigenvalue weighted by atomic mass is 9.66. The van der Waals surface area contributed by atoms with Crippen LogP contribution in [-0.4, -0.2) is 12.7 Å². The van der Waals surface area contributed by atoms with Crippen LogP contribution in [0.5, 0.6) is 0 Å². The zero-order chi connectivity index (χ0) is 18.7. The lowest BCUT2D eigenvalue weighted by molar-refractivity contribution is -0.00614. The van der Waals surface area contributed by atoms with Crippen molar-refractivity contribution in [2.45, 2.75) is 80.8 Å². The Morgan fingerprint density at radius 3 is 1.35 bits per heavy atom. The van der Waals surface area contributed by atoms with Crippen LogP contribution in [0.1, 0.15) is 75.2 Å². The quantitative estimate of drug-likeness (QED) is 0.439. The molecule has 0 amide bonds. The van der Waals surface area contributed by atoms with Gasteiger partial charge in [-0.05, 0) is 54.1 Å². The molecule has 134 valence electrons. The monoisotopic (exact) mass is 320 g/mol. The SMILES string of the molecule is C=C/C(=C(\C=C)C(C)(C)CC(C)(C)OC)C(C)(C)CC(C)(C)C. The van der Waals surface area contributed by atoms with Crippen molar-refractivity contribution in [2.24, 2.45) is 16.2 Å². The molecule has 0 saturated heterocycles. The Bertz CT molecular complexity index is 453. The lowest BCUT2D eigenvalue weighted by Gasteiger charge is -2.40. The van der Waals surface area contributed by atoms with Crippen molar-refractivity contribution in [1.82, 2.24) is 0 Å². The first-order chi connectivity index (χ1) is 10.1. The minimum Gasteiger partial charge on any atom is -0.379 e. The highest BCUT2D eigenvalue weighted by atomic mass is 16.5. The fourth-order valence-corrected chi connectivity index (χ4v) is 4.15. The Morgan fingerprint density at radius 2 is 1.09 bits per heavy atom. The molecule has 0 unspecified atom stereocenters. The van der Waals surface area contributed by atoms with Gasteiger partial charge in [0.2, 0.25) is 0 Å². The minimum absolute atomic E-state index is 0.0278. The first kappa shape index (κ1) is 22.2. The van der Waals surface area contributed by atoms with E-state index < -0.39 is 0 Å². The van der Waals surface area contributed by atoms with Crippen LogP contribution in [0.4, 0.5) is 0 Å². The van der Waals surface area contributed by atoms with Gasteiger partial charge in [-0.1, -0.05) is 73.8 Å². The molecule has 0 radical (unpaired) electrons. The van der Waals surface area contributed by atoms with E-state index >= 15 is 0 Å². The molecule has 0 aliphatic heterocycles. The summed E-state index contributed by atoms with van der Waals surface area (Å²) in [4.78, 5) is 0. The number of hydrogen-bond donors (Lipinski definition) is 0.